The van der Waals surface area contributed by atoms with E-state index >= 15 is 0 Å². The summed E-state index contributed by atoms with van der Waals surface area (Å²) >= 11 is 0. The Balaban J connectivity index is 2.77. The van der Waals surface area contributed by atoms with E-state index in [1.54, 1.807) is 24.3 Å². The van der Waals surface area contributed by atoms with E-state index in [9.17, 15) is 14.4 Å². The van der Waals surface area contributed by atoms with Crippen molar-refractivity contribution in [2.45, 2.75) is 13.0 Å². The van der Waals surface area contributed by atoms with Crippen molar-refractivity contribution in [2.75, 3.05) is 13.7 Å². The molecule has 0 radical (unpaired) electrons. The number of carboxylic acids is 1. The molecule has 0 aliphatic heterocycles. The van der Waals surface area contributed by atoms with Crippen LogP contribution >= 0.6 is 0 Å². The molecule has 1 amide bonds. The third-order valence-electron chi connectivity index (χ3n) is 2.42. The van der Waals surface area contributed by atoms with E-state index in [0.29, 0.717) is 0 Å². The van der Waals surface area contributed by atoms with Crippen LogP contribution in [-0.4, -0.2) is 41.5 Å². The first-order chi connectivity index (χ1) is 9.02. The smallest absolute Gasteiger partial charge is 0.325 e. The monoisotopic (exact) mass is 265 g/mol. The summed E-state index contributed by atoms with van der Waals surface area (Å²) in [6, 6.07) is 9.00. The van der Waals surface area contributed by atoms with Crippen LogP contribution in [0.15, 0.2) is 30.3 Å². The van der Waals surface area contributed by atoms with Gasteiger partial charge in [0.2, 0.25) is 5.91 Å². The quantitative estimate of drug-likeness (QED) is 0.603. The van der Waals surface area contributed by atoms with Crippen LogP contribution in [0.3, 0.4) is 0 Å². The third-order valence-corrected chi connectivity index (χ3v) is 2.42. The molecule has 0 aromatic heterocycles. The van der Waals surface area contributed by atoms with Crippen molar-refractivity contribution in [1.82, 2.24) is 4.90 Å². The van der Waals surface area contributed by atoms with Gasteiger partial charge in [0.25, 0.3) is 0 Å². The summed E-state index contributed by atoms with van der Waals surface area (Å²) in [4.78, 5) is 34.7. The number of carbonyl (C=O) groups is 3. The van der Waals surface area contributed by atoms with E-state index in [4.69, 9.17) is 5.11 Å². The van der Waals surface area contributed by atoms with Crippen LogP contribution in [0.4, 0.5) is 0 Å². The summed E-state index contributed by atoms with van der Waals surface area (Å²) in [5.41, 5.74) is 0.810. The van der Waals surface area contributed by atoms with Gasteiger partial charge in [-0.1, -0.05) is 30.3 Å². The van der Waals surface area contributed by atoms with Gasteiger partial charge in [-0.15, -0.1) is 0 Å². The molecule has 0 heterocycles. The Morgan fingerprint density at radius 3 is 2.37 bits per heavy atom. The van der Waals surface area contributed by atoms with Gasteiger partial charge < -0.3 is 14.7 Å². The molecular formula is C13H15NO5. The number of carboxylic acid groups (broad SMARTS) is 1. The second kappa shape index (κ2) is 7.15. The van der Waals surface area contributed by atoms with Crippen LogP contribution in [0.25, 0.3) is 0 Å². The van der Waals surface area contributed by atoms with Crippen LogP contribution in [0.1, 0.15) is 12.0 Å². The molecule has 0 bridgehead atoms. The van der Waals surface area contributed by atoms with Gasteiger partial charge in [-0.2, -0.15) is 0 Å². The van der Waals surface area contributed by atoms with Crippen LogP contribution in [0.5, 0.6) is 0 Å². The number of hydrogen-bond donors (Lipinski definition) is 1. The predicted octanol–water partition coefficient (Wildman–Crippen LogP) is 0.663. The minimum Gasteiger partial charge on any atom is -0.481 e. The molecule has 0 unspecified atom stereocenters. The minimum absolute atomic E-state index is 0.169. The van der Waals surface area contributed by atoms with Crippen molar-refractivity contribution in [1.29, 1.82) is 0 Å². The lowest BCUT2D eigenvalue weighted by atomic mass is 10.2. The number of rotatable bonds is 6. The summed E-state index contributed by atoms with van der Waals surface area (Å²) in [5.74, 6) is -2.44. The summed E-state index contributed by atoms with van der Waals surface area (Å²) in [6.07, 6.45) is -0.649. The highest BCUT2D eigenvalue weighted by Gasteiger charge is 2.20. The molecule has 0 spiro atoms. The number of carbonyl (C=O) groups excluding carboxylic acids is 2. The van der Waals surface area contributed by atoms with Crippen molar-refractivity contribution < 1.29 is 24.2 Å². The van der Waals surface area contributed by atoms with Crippen LogP contribution < -0.4 is 0 Å². The Morgan fingerprint density at radius 2 is 1.84 bits per heavy atom. The lowest BCUT2D eigenvalue weighted by Gasteiger charge is -2.20. The van der Waals surface area contributed by atoms with E-state index in [2.05, 4.69) is 4.74 Å². The molecule has 1 aromatic carbocycles. The Kier molecular flexibility index (Phi) is 5.53. The fourth-order valence-corrected chi connectivity index (χ4v) is 1.50. The maximum atomic E-state index is 11.7. The number of amides is 1. The molecule has 0 aliphatic rings. The van der Waals surface area contributed by atoms with E-state index in [1.807, 2.05) is 6.07 Å². The van der Waals surface area contributed by atoms with Gasteiger partial charge in [0, 0.05) is 6.54 Å². The summed E-state index contributed by atoms with van der Waals surface area (Å²) in [7, 11) is 1.21. The topological polar surface area (TPSA) is 83.9 Å². The lowest BCUT2D eigenvalue weighted by molar-refractivity contribution is -0.151. The molecule has 1 rings (SSSR count). The molecule has 19 heavy (non-hydrogen) atoms. The Labute approximate surface area is 110 Å². The second-order valence-electron chi connectivity index (χ2n) is 3.88. The molecular weight excluding hydrogens is 250 g/mol. The molecule has 6 nitrogen and oxygen atoms in total. The minimum atomic E-state index is -1.23. The number of esters is 1. The normalized spacial score (nSPS) is 9.74. The molecule has 0 atom stereocenters. The molecule has 0 saturated heterocycles. The Morgan fingerprint density at radius 1 is 1.21 bits per heavy atom. The third kappa shape index (κ3) is 5.20. The summed E-state index contributed by atoms with van der Waals surface area (Å²) in [5, 5.41) is 8.63. The van der Waals surface area contributed by atoms with E-state index in [1.165, 1.54) is 7.11 Å². The van der Waals surface area contributed by atoms with Crippen molar-refractivity contribution in [2.24, 2.45) is 0 Å². The number of ether oxygens (including phenoxy) is 1. The fraction of sp³-hybridized carbons (Fsp3) is 0.308. The van der Waals surface area contributed by atoms with E-state index in [-0.39, 0.29) is 13.1 Å². The number of methoxy groups -OCH3 is 1. The van der Waals surface area contributed by atoms with Crippen LogP contribution in [-0.2, 0) is 25.7 Å². The standard InChI is InChI=1S/C13H15NO5/c1-19-13(18)9-14(11(15)7-12(16)17)8-10-5-3-2-4-6-10/h2-6H,7-9H2,1H3,(H,16,17). The highest BCUT2D eigenvalue weighted by Crippen LogP contribution is 2.06. The predicted molar refractivity (Wildman–Crippen MR) is 66.1 cm³/mol. The van der Waals surface area contributed by atoms with Crippen LogP contribution in [0.2, 0.25) is 0 Å². The first-order valence-corrected chi connectivity index (χ1v) is 5.63. The second-order valence-corrected chi connectivity index (χ2v) is 3.88. The Bertz CT molecular complexity index is 457. The maximum absolute atomic E-state index is 11.7. The van der Waals surface area contributed by atoms with Crippen molar-refractivity contribution in [3.63, 3.8) is 0 Å². The average molecular weight is 265 g/mol. The lowest BCUT2D eigenvalue weighted by Crippen LogP contribution is -2.36. The SMILES string of the molecule is COC(=O)CN(Cc1ccccc1)C(=O)CC(=O)O. The first kappa shape index (κ1) is 14.7. The highest BCUT2D eigenvalue weighted by molar-refractivity contribution is 5.94. The molecule has 6 heteroatoms. The van der Waals surface area contributed by atoms with Gasteiger partial charge in [0.15, 0.2) is 0 Å². The molecule has 102 valence electrons. The maximum Gasteiger partial charge on any atom is 0.325 e. The average Bonchev–Trinajstić information content (AvgIpc) is 2.38. The van der Waals surface area contributed by atoms with Crippen LogP contribution in [0, 0.1) is 0 Å². The van der Waals surface area contributed by atoms with Crippen molar-refractivity contribution in [3.05, 3.63) is 35.9 Å². The van der Waals surface area contributed by atoms with E-state index < -0.39 is 24.3 Å². The van der Waals surface area contributed by atoms with Gasteiger partial charge in [0.1, 0.15) is 13.0 Å². The highest BCUT2D eigenvalue weighted by atomic mass is 16.5. The van der Waals surface area contributed by atoms with Crippen molar-refractivity contribution >= 4 is 17.8 Å². The molecule has 1 N–H and O–H groups in total. The van der Waals surface area contributed by atoms with Gasteiger partial charge in [-0.25, -0.2) is 0 Å². The molecule has 0 fully saturated rings. The number of hydrogen-bond acceptors (Lipinski definition) is 4. The molecule has 0 aliphatic carbocycles. The van der Waals surface area contributed by atoms with E-state index in [0.717, 1.165) is 10.5 Å². The summed E-state index contributed by atoms with van der Waals surface area (Å²) in [6.45, 7) is -0.0977. The zero-order chi connectivity index (χ0) is 14.3. The number of aliphatic carboxylic acids is 1. The van der Waals surface area contributed by atoms with Gasteiger partial charge in [0.05, 0.1) is 7.11 Å². The van der Waals surface area contributed by atoms with Crippen molar-refractivity contribution in [3.8, 4) is 0 Å². The fourth-order valence-electron chi connectivity index (χ4n) is 1.50. The van der Waals surface area contributed by atoms with Gasteiger partial charge in [-0.05, 0) is 5.56 Å². The summed E-state index contributed by atoms with van der Waals surface area (Å²) < 4.78 is 4.49. The van der Waals surface area contributed by atoms with Gasteiger partial charge in [-0.3, -0.25) is 14.4 Å². The molecule has 0 saturated carbocycles. The zero-order valence-corrected chi connectivity index (χ0v) is 10.5. The molecule has 1 aromatic rings. The Hall–Kier alpha value is -2.37. The number of benzene rings is 1. The number of nitrogens with zero attached hydrogens (tertiary/aromatic N) is 1. The largest absolute Gasteiger partial charge is 0.481 e. The van der Waals surface area contributed by atoms with Gasteiger partial charge >= 0.3 is 11.9 Å². The first-order valence-electron chi connectivity index (χ1n) is 5.63. The zero-order valence-electron chi connectivity index (χ0n) is 10.5.